The van der Waals surface area contributed by atoms with Crippen LogP contribution in [0.3, 0.4) is 0 Å². The van der Waals surface area contributed by atoms with Crippen LogP contribution in [0.5, 0.6) is 11.5 Å². The molecule has 2 unspecified atom stereocenters. The second kappa shape index (κ2) is 17.7. The van der Waals surface area contributed by atoms with Gasteiger partial charge in [-0.15, -0.1) is 5.10 Å². The van der Waals surface area contributed by atoms with E-state index in [1.165, 1.54) is 4.90 Å². The fourth-order valence-electron chi connectivity index (χ4n) is 7.21. The number of ether oxygens (including phenoxy) is 2. The normalized spacial score (nSPS) is 14.4. The van der Waals surface area contributed by atoms with Crippen molar-refractivity contribution < 1.29 is 24.5 Å². The fraction of sp³-hybridized carbons (Fsp3) is 0.439. The Morgan fingerprint density at radius 3 is 2.15 bits per heavy atom. The molecule has 0 spiro atoms. The van der Waals surface area contributed by atoms with E-state index < -0.39 is 12.2 Å². The Bertz CT molecular complexity index is 1980. The number of aryl methyl sites for hydroxylation is 1. The SMILES string of the molecule is CCCC(C)Nc1nc(N(Cc2ccc(OC)cc2)Cc2ccc(OC)cc2)c2ncc(C(O)c3cnc(N4CCC(CN(C)C(=O)O)CC4)c(C)c3)n2n1. The minimum Gasteiger partial charge on any atom is -0.497 e. The zero-order valence-corrected chi connectivity index (χ0v) is 32.6. The van der Waals surface area contributed by atoms with Crippen LogP contribution in [0.15, 0.2) is 67.0 Å². The molecular formula is C41H53N9O5. The number of hydrogen-bond donors (Lipinski definition) is 3. The average Bonchev–Trinajstić information content (AvgIpc) is 3.62. The number of aliphatic hydroxyl groups excluding tert-OH is 1. The number of methoxy groups -OCH3 is 2. The van der Waals surface area contributed by atoms with E-state index in [1.54, 1.807) is 38.2 Å². The number of nitrogens with zero attached hydrogens (tertiary/aromatic N) is 8. The largest absolute Gasteiger partial charge is 0.497 e. The number of anilines is 3. The first-order valence-corrected chi connectivity index (χ1v) is 18.9. The highest BCUT2D eigenvalue weighted by Gasteiger charge is 2.27. The van der Waals surface area contributed by atoms with Gasteiger partial charge >= 0.3 is 6.09 Å². The van der Waals surface area contributed by atoms with E-state index >= 15 is 0 Å². The number of imidazole rings is 1. The van der Waals surface area contributed by atoms with Crippen LogP contribution in [0, 0.1) is 12.8 Å². The van der Waals surface area contributed by atoms with Gasteiger partial charge in [-0.2, -0.15) is 4.98 Å². The Kier molecular flexibility index (Phi) is 12.6. The average molecular weight is 752 g/mol. The third-order valence-corrected chi connectivity index (χ3v) is 10.3. The number of carbonyl (C=O) groups is 1. The van der Waals surface area contributed by atoms with Gasteiger partial charge in [0.05, 0.1) is 26.1 Å². The molecule has 4 heterocycles. The molecule has 5 aromatic rings. The van der Waals surface area contributed by atoms with E-state index in [4.69, 9.17) is 29.5 Å². The third kappa shape index (κ3) is 9.37. The number of pyridine rings is 1. The number of aliphatic hydroxyl groups is 1. The lowest BCUT2D eigenvalue weighted by Gasteiger charge is -2.34. The Balaban J connectivity index is 1.33. The van der Waals surface area contributed by atoms with Crippen molar-refractivity contribution in [3.8, 4) is 11.5 Å². The van der Waals surface area contributed by atoms with Crippen molar-refractivity contribution in [1.29, 1.82) is 0 Å². The lowest BCUT2D eigenvalue weighted by molar-refractivity contribution is 0.145. The zero-order chi connectivity index (χ0) is 39.1. The summed E-state index contributed by atoms with van der Waals surface area (Å²) in [7, 11) is 4.93. The van der Waals surface area contributed by atoms with Crippen LogP contribution in [0.25, 0.3) is 5.65 Å². The van der Waals surface area contributed by atoms with Crippen molar-refractivity contribution in [1.82, 2.24) is 29.5 Å². The van der Waals surface area contributed by atoms with Gasteiger partial charge in [0.2, 0.25) is 5.95 Å². The van der Waals surface area contributed by atoms with E-state index in [0.717, 1.165) is 72.8 Å². The molecule has 0 radical (unpaired) electrons. The molecule has 3 aromatic heterocycles. The minimum atomic E-state index is -1.06. The van der Waals surface area contributed by atoms with E-state index in [-0.39, 0.29) is 6.04 Å². The van der Waals surface area contributed by atoms with Crippen molar-refractivity contribution >= 4 is 29.3 Å². The number of hydrogen-bond acceptors (Lipinski definition) is 11. The summed E-state index contributed by atoms with van der Waals surface area (Å²) in [6.45, 7) is 9.41. The zero-order valence-electron chi connectivity index (χ0n) is 32.6. The van der Waals surface area contributed by atoms with E-state index in [2.05, 4.69) is 29.0 Å². The number of aromatic nitrogens is 5. The van der Waals surface area contributed by atoms with Crippen molar-refractivity contribution in [3.05, 3.63) is 94.9 Å². The van der Waals surface area contributed by atoms with Crippen LogP contribution in [0.2, 0.25) is 0 Å². The second-order valence-corrected chi connectivity index (χ2v) is 14.5. The van der Waals surface area contributed by atoms with E-state index in [9.17, 15) is 15.0 Å². The Hall–Kier alpha value is -5.63. The monoisotopic (exact) mass is 751 g/mol. The van der Waals surface area contributed by atoms with Gasteiger partial charge in [-0.3, -0.25) is 0 Å². The first-order valence-electron chi connectivity index (χ1n) is 18.9. The summed E-state index contributed by atoms with van der Waals surface area (Å²) in [5.74, 6) is 3.80. The number of carboxylic acid groups (broad SMARTS) is 1. The molecule has 2 atom stereocenters. The standard InChI is InChI=1S/C41H53N9O5/c1-7-8-28(3)44-40-45-39(49(25-29-9-13-33(54-5)14-10-29)26-30-11-15-34(55-6)16-12-30)38-43-23-35(50(38)46-40)36(51)32-21-27(2)37(42-22-32)48-19-17-31(18-20-48)24-47(4)41(52)53/h9-16,21-23,28,31,36,51H,7-8,17-20,24-26H2,1-6H3,(H,44,46)(H,52,53). The van der Waals surface area contributed by atoms with Gasteiger partial charge < -0.3 is 39.7 Å². The lowest BCUT2D eigenvalue weighted by atomic mass is 9.96. The summed E-state index contributed by atoms with van der Waals surface area (Å²) in [5.41, 5.74) is 4.71. The van der Waals surface area contributed by atoms with Gasteiger partial charge in [-0.25, -0.2) is 19.3 Å². The summed E-state index contributed by atoms with van der Waals surface area (Å²) in [6, 6.07) is 18.1. The van der Waals surface area contributed by atoms with Gasteiger partial charge in [0.1, 0.15) is 23.4 Å². The Morgan fingerprint density at radius 2 is 1.60 bits per heavy atom. The molecule has 14 heteroatoms. The quantitative estimate of drug-likeness (QED) is 0.100. The highest BCUT2D eigenvalue weighted by Crippen LogP contribution is 2.32. The predicted molar refractivity (Wildman–Crippen MR) is 213 cm³/mol. The molecule has 14 nitrogen and oxygen atoms in total. The van der Waals surface area contributed by atoms with Crippen molar-refractivity contribution in [2.24, 2.45) is 5.92 Å². The van der Waals surface area contributed by atoms with Gasteiger partial charge in [0.15, 0.2) is 11.5 Å². The molecule has 0 aliphatic carbocycles. The number of piperidine rings is 1. The number of rotatable bonds is 16. The van der Waals surface area contributed by atoms with Crippen molar-refractivity contribution in [2.75, 3.05) is 56.0 Å². The van der Waals surface area contributed by atoms with Crippen LogP contribution in [-0.4, -0.2) is 92.7 Å². The summed E-state index contributed by atoms with van der Waals surface area (Å²) in [5, 5.41) is 29.6. The van der Waals surface area contributed by atoms with Gasteiger partial charge in [-0.1, -0.05) is 37.6 Å². The van der Waals surface area contributed by atoms with Crippen LogP contribution >= 0.6 is 0 Å². The predicted octanol–water partition coefficient (Wildman–Crippen LogP) is 6.56. The van der Waals surface area contributed by atoms with Crippen LogP contribution in [0.1, 0.15) is 73.6 Å². The van der Waals surface area contributed by atoms with Crippen LogP contribution in [0.4, 0.5) is 22.4 Å². The van der Waals surface area contributed by atoms with Crippen molar-refractivity contribution in [3.63, 3.8) is 0 Å². The van der Waals surface area contributed by atoms with Gasteiger partial charge in [-0.05, 0) is 86.1 Å². The van der Waals surface area contributed by atoms with Gasteiger partial charge in [0.25, 0.3) is 0 Å². The maximum atomic E-state index is 11.9. The number of benzene rings is 2. The van der Waals surface area contributed by atoms with E-state index in [0.29, 0.717) is 54.2 Å². The summed E-state index contributed by atoms with van der Waals surface area (Å²) < 4.78 is 12.5. The summed E-state index contributed by atoms with van der Waals surface area (Å²) >= 11 is 0. The molecule has 6 rings (SSSR count). The Morgan fingerprint density at radius 1 is 0.982 bits per heavy atom. The summed E-state index contributed by atoms with van der Waals surface area (Å²) in [6.07, 6.45) is 5.13. The summed E-state index contributed by atoms with van der Waals surface area (Å²) in [4.78, 5) is 31.8. The number of nitrogens with one attached hydrogen (secondary N) is 1. The molecule has 1 saturated heterocycles. The molecule has 1 aliphatic heterocycles. The molecule has 292 valence electrons. The van der Waals surface area contributed by atoms with E-state index in [1.807, 2.05) is 61.5 Å². The van der Waals surface area contributed by atoms with Crippen LogP contribution in [-0.2, 0) is 13.1 Å². The molecule has 2 aromatic carbocycles. The highest BCUT2D eigenvalue weighted by atomic mass is 16.5. The van der Waals surface area contributed by atoms with Crippen LogP contribution < -0.4 is 24.6 Å². The fourth-order valence-corrected chi connectivity index (χ4v) is 7.21. The molecule has 0 bridgehead atoms. The minimum absolute atomic E-state index is 0.117. The smallest absolute Gasteiger partial charge is 0.407 e. The first kappa shape index (κ1) is 39.1. The topological polar surface area (TPSA) is 154 Å². The molecule has 0 saturated carbocycles. The van der Waals surface area contributed by atoms with Crippen molar-refractivity contribution in [2.45, 2.75) is 71.7 Å². The molecular weight excluding hydrogens is 699 g/mol. The molecule has 1 aliphatic rings. The number of fused-ring (bicyclic) bond motifs is 1. The number of amides is 1. The molecule has 3 N–H and O–H groups in total. The first-order chi connectivity index (χ1) is 26.6. The highest BCUT2D eigenvalue weighted by molar-refractivity contribution is 5.67. The lowest BCUT2D eigenvalue weighted by Crippen LogP contribution is -2.39. The molecule has 1 fully saturated rings. The maximum absolute atomic E-state index is 11.9. The Labute approximate surface area is 322 Å². The third-order valence-electron chi connectivity index (χ3n) is 10.3. The second-order valence-electron chi connectivity index (χ2n) is 14.5. The molecule has 55 heavy (non-hydrogen) atoms. The van der Waals surface area contributed by atoms with Gasteiger partial charge in [0, 0.05) is 57.6 Å². The maximum Gasteiger partial charge on any atom is 0.407 e. The molecule has 1 amide bonds.